The first-order valence-electron chi connectivity index (χ1n) is 9.92. The molecule has 0 unspecified atom stereocenters. The molecule has 1 atom stereocenters. The monoisotopic (exact) mass is 426 g/mol. The first kappa shape index (κ1) is 18.8. The van der Waals surface area contributed by atoms with Gasteiger partial charge in [0, 0.05) is 24.2 Å². The lowest BCUT2D eigenvalue weighted by atomic mass is 9.98. The number of piperidine rings is 1. The molecule has 1 aliphatic heterocycles. The Bertz CT molecular complexity index is 1180. The van der Waals surface area contributed by atoms with Gasteiger partial charge in [-0.3, -0.25) is 4.79 Å². The SMILES string of the molecule is O=C(Nc1ccc2c3c(cccc13)CC2)[C@@H]1CCCN(S(=O)(=O)c2cccs2)C1. The number of nitrogens with one attached hydrogen (secondary N) is 1. The average Bonchev–Trinajstić information content (AvgIpc) is 3.42. The summed E-state index contributed by atoms with van der Waals surface area (Å²) >= 11 is 1.22. The fourth-order valence-electron chi connectivity index (χ4n) is 4.50. The average molecular weight is 427 g/mol. The molecule has 5 rings (SSSR count). The maximum atomic E-state index is 13.0. The van der Waals surface area contributed by atoms with Crippen molar-refractivity contribution in [3.63, 3.8) is 0 Å². The summed E-state index contributed by atoms with van der Waals surface area (Å²) in [6.07, 6.45) is 3.47. The second-order valence-corrected chi connectivity index (χ2v) is 10.8. The molecule has 1 amide bonds. The number of thiophene rings is 1. The summed E-state index contributed by atoms with van der Waals surface area (Å²) in [6.45, 7) is 0.693. The van der Waals surface area contributed by atoms with Gasteiger partial charge in [0.1, 0.15) is 4.21 Å². The zero-order chi connectivity index (χ0) is 20.0. The Morgan fingerprint density at radius 1 is 1.07 bits per heavy atom. The summed E-state index contributed by atoms with van der Waals surface area (Å²) in [5.74, 6) is -0.448. The molecule has 1 fully saturated rings. The quantitative estimate of drug-likeness (QED) is 0.685. The van der Waals surface area contributed by atoms with Crippen molar-refractivity contribution in [2.75, 3.05) is 18.4 Å². The third-order valence-corrected chi connectivity index (χ3v) is 9.22. The summed E-state index contributed by atoms with van der Waals surface area (Å²) in [5.41, 5.74) is 3.48. The molecular weight excluding hydrogens is 404 g/mol. The Balaban J connectivity index is 1.37. The molecule has 1 aliphatic carbocycles. The highest BCUT2D eigenvalue weighted by atomic mass is 32.2. The van der Waals surface area contributed by atoms with Gasteiger partial charge in [-0.1, -0.05) is 30.3 Å². The Hall–Kier alpha value is -2.22. The second-order valence-electron chi connectivity index (χ2n) is 7.74. The van der Waals surface area contributed by atoms with Gasteiger partial charge < -0.3 is 5.32 Å². The van der Waals surface area contributed by atoms with Crippen molar-refractivity contribution in [1.82, 2.24) is 4.31 Å². The maximum absolute atomic E-state index is 13.0. The Morgan fingerprint density at radius 3 is 2.69 bits per heavy atom. The van der Waals surface area contributed by atoms with E-state index < -0.39 is 10.0 Å². The molecule has 3 aromatic rings. The molecule has 0 spiro atoms. The molecule has 2 aliphatic rings. The molecule has 0 radical (unpaired) electrons. The standard InChI is InChI=1S/C22H22N2O3S2/c25-22(17-5-2-12-24(14-17)29(26,27)20-7-3-13-28-20)23-19-11-10-16-9-8-15-4-1-6-18(19)21(15)16/h1,3-4,6-7,10-11,13,17H,2,5,8-9,12,14H2,(H,23,25)/t17-/m1/s1. The second kappa shape index (κ2) is 7.23. The predicted molar refractivity (Wildman–Crippen MR) is 116 cm³/mol. The molecule has 7 heteroatoms. The molecule has 1 N–H and O–H groups in total. The minimum Gasteiger partial charge on any atom is -0.325 e. The van der Waals surface area contributed by atoms with Gasteiger partial charge in [-0.25, -0.2) is 8.42 Å². The van der Waals surface area contributed by atoms with E-state index in [-0.39, 0.29) is 18.4 Å². The number of hydrogen-bond acceptors (Lipinski definition) is 4. The van der Waals surface area contributed by atoms with Crippen molar-refractivity contribution < 1.29 is 13.2 Å². The molecular formula is C22H22N2O3S2. The van der Waals surface area contributed by atoms with E-state index in [0.29, 0.717) is 23.6 Å². The lowest BCUT2D eigenvalue weighted by molar-refractivity contribution is -0.120. The van der Waals surface area contributed by atoms with Gasteiger partial charge in [-0.05, 0) is 59.7 Å². The number of amides is 1. The van der Waals surface area contributed by atoms with Crippen LogP contribution in [0, 0.1) is 5.92 Å². The van der Waals surface area contributed by atoms with E-state index in [1.807, 2.05) is 12.1 Å². The van der Waals surface area contributed by atoms with Crippen LogP contribution in [0.15, 0.2) is 52.1 Å². The lowest BCUT2D eigenvalue weighted by Gasteiger charge is -2.30. The van der Waals surface area contributed by atoms with E-state index in [1.165, 1.54) is 32.2 Å². The van der Waals surface area contributed by atoms with E-state index in [9.17, 15) is 13.2 Å². The van der Waals surface area contributed by atoms with Crippen LogP contribution in [0.5, 0.6) is 0 Å². The van der Waals surface area contributed by atoms with Gasteiger partial charge in [-0.15, -0.1) is 11.3 Å². The van der Waals surface area contributed by atoms with Crippen molar-refractivity contribution in [3.05, 3.63) is 59.0 Å². The fraction of sp³-hybridized carbons (Fsp3) is 0.318. The first-order chi connectivity index (χ1) is 14.0. The number of anilines is 1. The molecule has 2 heterocycles. The molecule has 1 aromatic heterocycles. The summed E-state index contributed by atoms with van der Waals surface area (Å²) in [4.78, 5) is 13.0. The predicted octanol–water partition coefficient (Wildman–Crippen LogP) is 4.04. The van der Waals surface area contributed by atoms with E-state index in [1.54, 1.807) is 17.5 Å². The van der Waals surface area contributed by atoms with E-state index >= 15 is 0 Å². The largest absolute Gasteiger partial charge is 0.325 e. The summed E-state index contributed by atoms with van der Waals surface area (Å²) in [5, 5.41) is 7.18. The van der Waals surface area contributed by atoms with Crippen molar-refractivity contribution >= 4 is 43.7 Å². The number of aryl methyl sites for hydroxylation is 2. The third-order valence-electron chi connectivity index (χ3n) is 5.98. The molecule has 29 heavy (non-hydrogen) atoms. The van der Waals surface area contributed by atoms with Crippen LogP contribution in [-0.2, 0) is 27.7 Å². The summed E-state index contributed by atoms with van der Waals surface area (Å²) in [7, 11) is -3.52. The number of carbonyl (C=O) groups excluding carboxylic acids is 1. The highest BCUT2D eigenvalue weighted by Crippen LogP contribution is 2.35. The smallest absolute Gasteiger partial charge is 0.252 e. The number of carbonyl (C=O) groups is 1. The number of sulfonamides is 1. The Labute approximate surface area is 174 Å². The van der Waals surface area contributed by atoms with Crippen LogP contribution in [0.4, 0.5) is 5.69 Å². The van der Waals surface area contributed by atoms with Crippen LogP contribution >= 0.6 is 11.3 Å². The Kier molecular flexibility index (Phi) is 4.69. The van der Waals surface area contributed by atoms with Crippen molar-refractivity contribution in [1.29, 1.82) is 0 Å². The van der Waals surface area contributed by atoms with E-state index in [4.69, 9.17) is 0 Å². The number of rotatable bonds is 4. The van der Waals surface area contributed by atoms with Crippen molar-refractivity contribution in [3.8, 4) is 0 Å². The van der Waals surface area contributed by atoms with Gasteiger partial charge in [0.05, 0.1) is 5.92 Å². The van der Waals surface area contributed by atoms with Crippen molar-refractivity contribution in [2.24, 2.45) is 5.92 Å². The van der Waals surface area contributed by atoms with E-state index in [0.717, 1.165) is 23.9 Å². The van der Waals surface area contributed by atoms with E-state index in [2.05, 4.69) is 23.5 Å². The zero-order valence-electron chi connectivity index (χ0n) is 15.9. The summed E-state index contributed by atoms with van der Waals surface area (Å²) in [6, 6.07) is 13.7. The third kappa shape index (κ3) is 3.27. The van der Waals surface area contributed by atoms with Crippen LogP contribution in [0.1, 0.15) is 24.0 Å². The Morgan fingerprint density at radius 2 is 1.90 bits per heavy atom. The lowest BCUT2D eigenvalue weighted by Crippen LogP contribution is -2.43. The van der Waals surface area contributed by atoms with Crippen LogP contribution in [-0.4, -0.2) is 31.7 Å². The number of benzene rings is 2. The number of nitrogens with zero attached hydrogens (tertiary/aromatic N) is 1. The van der Waals surface area contributed by atoms with Gasteiger partial charge in [0.15, 0.2) is 0 Å². The maximum Gasteiger partial charge on any atom is 0.252 e. The van der Waals surface area contributed by atoms with Crippen LogP contribution < -0.4 is 5.32 Å². The topological polar surface area (TPSA) is 66.5 Å². The first-order valence-corrected chi connectivity index (χ1v) is 12.2. The van der Waals surface area contributed by atoms with Gasteiger partial charge in [0.25, 0.3) is 10.0 Å². The van der Waals surface area contributed by atoms with Crippen molar-refractivity contribution in [2.45, 2.75) is 29.9 Å². The molecule has 5 nitrogen and oxygen atoms in total. The number of hydrogen-bond donors (Lipinski definition) is 1. The van der Waals surface area contributed by atoms with Gasteiger partial charge in [-0.2, -0.15) is 4.31 Å². The fourth-order valence-corrected chi connectivity index (χ4v) is 7.17. The molecule has 1 saturated heterocycles. The normalized spacial score (nSPS) is 19.5. The minimum absolute atomic E-state index is 0.102. The highest BCUT2D eigenvalue weighted by Gasteiger charge is 2.34. The van der Waals surface area contributed by atoms with Gasteiger partial charge >= 0.3 is 0 Å². The van der Waals surface area contributed by atoms with Crippen LogP contribution in [0.2, 0.25) is 0 Å². The van der Waals surface area contributed by atoms with Crippen LogP contribution in [0.25, 0.3) is 10.8 Å². The molecule has 0 bridgehead atoms. The zero-order valence-corrected chi connectivity index (χ0v) is 17.6. The van der Waals surface area contributed by atoms with Gasteiger partial charge in [0.2, 0.25) is 5.91 Å². The molecule has 2 aromatic carbocycles. The summed E-state index contributed by atoms with van der Waals surface area (Å²) < 4.78 is 27.5. The van der Waals surface area contributed by atoms with Crippen LogP contribution in [0.3, 0.4) is 0 Å². The molecule has 150 valence electrons. The minimum atomic E-state index is -3.52. The highest BCUT2D eigenvalue weighted by molar-refractivity contribution is 7.91. The molecule has 0 saturated carbocycles.